The summed E-state index contributed by atoms with van der Waals surface area (Å²) in [7, 11) is 0. The van der Waals surface area contributed by atoms with Gasteiger partial charge in [0.2, 0.25) is 0 Å². The summed E-state index contributed by atoms with van der Waals surface area (Å²) in [4.78, 5) is 16.1. The lowest BCUT2D eigenvalue weighted by molar-refractivity contribution is -0.0846. The van der Waals surface area contributed by atoms with Crippen molar-refractivity contribution < 1.29 is 9.63 Å². The Bertz CT molecular complexity index is 326. The first-order valence-corrected chi connectivity index (χ1v) is 4.55. The van der Waals surface area contributed by atoms with Gasteiger partial charge in [-0.3, -0.25) is 4.84 Å². The van der Waals surface area contributed by atoms with Gasteiger partial charge in [0, 0.05) is 6.42 Å². The predicted octanol–water partition coefficient (Wildman–Crippen LogP) is 1.44. The van der Waals surface area contributed by atoms with E-state index < -0.39 is 6.03 Å². The quantitative estimate of drug-likeness (QED) is 0.732. The molecule has 0 bridgehead atoms. The lowest BCUT2D eigenvalue weighted by Gasteiger charge is -2.20. The summed E-state index contributed by atoms with van der Waals surface area (Å²) in [6.07, 6.45) is 0.799. The number of hydroxylamine groups is 2. The smallest absolute Gasteiger partial charge is 0.339 e. The highest BCUT2D eigenvalue weighted by Gasteiger charge is 2.29. The number of urea groups is 1. The van der Waals surface area contributed by atoms with Crippen molar-refractivity contribution in [3.63, 3.8) is 0 Å². The summed E-state index contributed by atoms with van der Waals surface area (Å²) in [5.41, 5.74) is 6.25. The van der Waals surface area contributed by atoms with Crippen LogP contribution in [0.4, 0.5) is 4.79 Å². The molecule has 0 aromatic heterocycles. The van der Waals surface area contributed by atoms with Gasteiger partial charge in [-0.15, -0.1) is 0 Å². The Kier molecular flexibility index (Phi) is 2.37. The Labute approximate surface area is 82.2 Å². The summed E-state index contributed by atoms with van der Waals surface area (Å²) in [5.74, 6) is 0. The van der Waals surface area contributed by atoms with E-state index in [1.165, 1.54) is 5.06 Å². The van der Waals surface area contributed by atoms with Crippen molar-refractivity contribution in [3.05, 3.63) is 35.9 Å². The number of nitrogens with two attached hydrogens (primary N) is 1. The highest BCUT2D eigenvalue weighted by atomic mass is 16.7. The summed E-state index contributed by atoms with van der Waals surface area (Å²) < 4.78 is 0. The fourth-order valence-corrected chi connectivity index (χ4v) is 1.66. The van der Waals surface area contributed by atoms with Crippen molar-refractivity contribution >= 4 is 6.03 Å². The number of primary amides is 1. The van der Waals surface area contributed by atoms with E-state index in [0.29, 0.717) is 6.61 Å². The molecule has 74 valence electrons. The molecule has 1 aromatic carbocycles. The lowest BCUT2D eigenvalue weighted by Crippen LogP contribution is -2.34. The number of hydrogen-bond donors (Lipinski definition) is 1. The topological polar surface area (TPSA) is 55.6 Å². The molecule has 2 N–H and O–H groups in total. The van der Waals surface area contributed by atoms with Crippen molar-refractivity contribution in [3.8, 4) is 0 Å². The Balaban J connectivity index is 2.22. The van der Waals surface area contributed by atoms with Crippen LogP contribution < -0.4 is 5.73 Å². The van der Waals surface area contributed by atoms with Gasteiger partial charge in [0.05, 0.1) is 12.6 Å². The Morgan fingerprint density at radius 2 is 2.14 bits per heavy atom. The molecular weight excluding hydrogens is 180 g/mol. The second-order valence-electron chi connectivity index (χ2n) is 3.21. The van der Waals surface area contributed by atoms with Gasteiger partial charge >= 0.3 is 6.03 Å². The van der Waals surface area contributed by atoms with Crippen molar-refractivity contribution in [2.24, 2.45) is 5.73 Å². The summed E-state index contributed by atoms with van der Waals surface area (Å²) in [6, 6.07) is 9.18. The summed E-state index contributed by atoms with van der Waals surface area (Å²) >= 11 is 0. The molecule has 0 spiro atoms. The Hall–Kier alpha value is -1.55. The molecule has 4 nitrogen and oxygen atoms in total. The minimum atomic E-state index is -0.531. The van der Waals surface area contributed by atoms with Gasteiger partial charge < -0.3 is 5.73 Å². The number of carbonyl (C=O) groups is 1. The highest BCUT2D eigenvalue weighted by molar-refractivity contribution is 5.71. The highest BCUT2D eigenvalue weighted by Crippen LogP contribution is 2.29. The maximum absolute atomic E-state index is 11.0. The van der Waals surface area contributed by atoms with E-state index in [-0.39, 0.29) is 6.04 Å². The molecular formula is C10H12N2O2. The standard InChI is InChI=1S/C10H12N2O2/c11-10(13)12-9(6-7-14-12)8-4-2-1-3-5-8/h1-5,9H,6-7H2,(H2,11,13). The second kappa shape index (κ2) is 3.67. The molecule has 4 heteroatoms. The first kappa shape index (κ1) is 9.02. The number of hydrogen-bond acceptors (Lipinski definition) is 2. The minimum Gasteiger partial charge on any atom is -0.350 e. The molecule has 1 aromatic rings. The Morgan fingerprint density at radius 1 is 1.43 bits per heavy atom. The summed E-state index contributed by atoms with van der Waals surface area (Å²) in [6.45, 7) is 0.544. The molecule has 1 unspecified atom stereocenters. The summed E-state index contributed by atoms with van der Waals surface area (Å²) in [5, 5.41) is 1.25. The molecule has 0 saturated carbocycles. The van der Waals surface area contributed by atoms with Crippen LogP contribution in [0.15, 0.2) is 30.3 Å². The average Bonchev–Trinajstić information content (AvgIpc) is 2.67. The van der Waals surface area contributed by atoms with E-state index in [4.69, 9.17) is 10.6 Å². The molecule has 0 aliphatic carbocycles. The maximum atomic E-state index is 11.0. The van der Waals surface area contributed by atoms with Crippen molar-refractivity contribution in [1.29, 1.82) is 0 Å². The average molecular weight is 192 g/mol. The number of nitrogens with zero attached hydrogens (tertiary/aromatic N) is 1. The SMILES string of the molecule is NC(=O)N1OCCC1c1ccccc1. The molecule has 1 aliphatic heterocycles. The van der Waals surface area contributed by atoms with Crippen LogP contribution in [-0.2, 0) is 4.84 Å². The molecule has 1 atom stereocenters. The van der Waals surface area contributed by atoms with Crippen LogP contribution in [-0.4, -0.2) is 17.7 Å². The maximum Gasteiger partial charge on any atom is 0.339 e. The van der Waals surface area contributed by atoms with Gasteiger partial charge in [-0.05, 0) is 5.56 Å². The Morgan fingerprint density at radius 3 is 2.79 bits per heavy atom. The van der Waals surface area contributed by atoms with E-state index in [9.17, 15) is 4.79 Å². The third-order valence-electron chi connectivity index (χ3n) is 2.31. The van der Waals surface area contributed by atoms with Crippen LogP contribution in [0.25, 0.3) is 0 Å². The van der Waals surface area contributed by atoms with Gasteiger partial charge in [0.1, 0.15) is 0 Å². The van der Waals surface area contributed by atoms with E-state index >= 15 is 0 Å². The van der Waals surface area contributed by atoms with Gasteiger partial charge in [-0.25, -0.2) is 4.79 Å². The van der Waals surface area contributed by atoms with E-state index in [1.54, 1.807) is 0 Å². The van der Waals surface area contributed by atoms with Crippen molar-refractivity contribution in [2.75, 3.05) is 6.61 Å². The molecule has 1 heterocycles. The molecule has 2 amide bonds. The molecule has 0 radical (unpaired) electrons. The number of benzene rings is 1. The number of carbonyl (C=O) groups excluding carboxylic acids is 1. The fourth-order valence-electron chi connectivity index (χ4n) is 1.66. The van der Waals surface area contributed by atoms with Gasteiger partial charge in [-0.2, -0.15) is 5.06 Å². The third-order valence-corrected chi connectivity index (χ3v) is 2.31. The first-order valence-electron chi connectivity index (χ1n) is 4.55. The van der Waals surface area contributed by atoms with Crippen LogP contribution >= 0.6 is 0 Å². The van der Waals surface area contributed by atoms with Crippen molar-refractivity contribution in [1.82, 2.24) is 5.06 Å². The molecule has 2 rings (SSSR count). The minimum absolute atomic E-state index is 0.0336. The van der Waals surface area contributed by atoms with E-state index in [2.05, 4.69) is 0 Å². The van der Waals surface area contributed by atoms with Crippen LogP contribution in [0.3, 0.4) is 0 Å². The molecule has 1 saturated heterocycles. The lowest BCUT2D eigenvalue weighted by atomic mass is 10.1. The molecule has 1 fully saturated rings. The van der Waals surface area contributed by atoms with Crippen LogP contribution in [0.1, 0.15) is 18.0 Å². The monoisotopic (exact) mass is 192 g/mol. The van der Waals surface area contributed by atoms with Crippen LogP contribution in [0.5, 0.6) is 0 Å². The molecule has 14 heavy (non-hydrogen) atoms. The molecule has 1 aliphatic rings. The van der Waals surface area contributed by atoms with Gasteiger partial charge in [0.25, 0.3) is 0 Å². The second-order valence-corrected chi connectivity index (χ2v) is 3.21. The van der Waals surface area contributed by atoms with Gasteiger partial charge in [-0.1, -0.05) is 30.3 Å². The normalized spacial score (nSPS) is 21.1. The van der Waals surface area contributed by atoms with Crippen LogP contribution in [0, 0.1) is 0 Å². The van der Waals surface area contributed by atoms with Crippen LogP contribution in [0.2, 0.25) is 0 Å². The van der Waals surface area contributed by atoms with Gasteiger partial charge in [0.15, 0.2) is 0 Å². The number of amides is 2. The zero-order chi connectivity index (χ0) is 9.97. The largest absolute Gasteiger partial charge is 0.350 e. The number of rotatable bonds is 1. The van der Waals surface area contributed by atoms with E-state index in [1.807, 2.05) is 30.3 Å². The zero-order valence-electron chi connectivity index (χ0n) is 7.72. The first-order chi connectivity index (χ1) is 6.79. The van der Waals surface area contributed by atoms with E-state index in [0.717, 1.165) is 12.0 Å². The van der Waals surface area contributed by atoms with Crippen molar-refractivity contribution in [2.45, 2.75) is 12.5 Å². The zero-order valence-corrected chi connectivity index (χ0v) is 7.72. The predicted molar refractivity (Wildman–Crippen MR) is 51.2 cm³/mol. The third kappa shape index (κ3) is 1.56. The fraction of sp³-hybridized carbons (Fsp3) is 0.300.